The van der Waals surface area contributed by atoms with Crippen LogP contribution in [0.4, 0.5) is 5.13 Å². The molecule has 2 rings (SSSR count). The summed E-state index contributed by atoms with van der Waals surface area (Å²) in [7, 11) is 0. The Kier molecular flexibility index (Phi) is 5.03. The van der Waals surface area contributed by atoms with Gasteiger partial charge in [0.05, 0.1) is 5.69 Å². The molecule has 2 heterocycles. The Labute approximate surface area is 116 Å². The summed E-state index contributed by atoms with van der Waals surface area (Å²) >= 11 is 3.47. The number of carbonyl (C=O) groups is 1. The van der Waals surface area contributed by atoms with Crippen LogP contribution >= 0.6 is 23.1 Å². The van der Waals surface area contributed by atoms with E-state index in [1.807, 2.05) is 18.7 Å². The van der Waals surface area contributed by atoms with Crippen LogP contribution in [-0.2, 0) is 11.2 Å². The molecule has 0 bridgehead atoms. The number of rotatable bonds is 4. The molecule has 1 atom stereocenters. The molecule has 1 aromatic heterocycles. The Bertz CT molecular complexity index is 413. The molecule has 0 radical (unpaired) electrons. The first kappa shape index (κ1) is 13.8. The van der Waals surface area contributed by atoms with Crippen molar-refractivity contribution in [2.45, 2.75) is 32.7 Å². The number of nitrogens with one attached hydrogen (secondary N) is 2. The first-order valence-electron chi connectivity index (χ1n) is 6.26. The molecule has 0 aromatic carbocycles. The number of thiazole rings is 1. The van der Waals surface area contributed by atoms with Gasteiger partial charge in [-0.1, -0.05) is 6.92 Å². The molecule has 18 heavy (non-hydrogen) atoms. The fraction of sp³-hybridized carbons (Fsp3) is 0.667. The molecule has 4 nitrogen and oxygen atoms in total. The summed E-state index contributed by atoms with van der Waals surface area (Å²) in [6.07, 6.45) is 1.45. The van der Waals surface area contributed by atoms with Crippen LogP contribution in [0.2, 0.25) is 0 Å². The molecule has 1 aromatic rings. The van der Waals surface area contributed by atoms with E-state index in [4.69, 9.17) is 0 Å². The summed E-state index contributed by atoms with van der Waals surface area (Å²) in [5.74, 6) is 2.22. The zero-order valence-electron chi connectivity index (χ0n) is 10.8. The Balaban J connectivity index is 1.86. The number of aryl methyl sites for hydroxylation is 2. The maximum Gasteiger partial charge on any atom is 0.227 e. The van der Waals surface area contributed by atoms with E-state index >= 15 is 0 Å². The highest BCUT2D eigenvalue weighted by Crippen LogP contribution is 2.22. The third-order valence-electron chi connectivity index (χ3n) is 2.90. The lowest BCUT2D eigenvalue weighted by Crippen LogP contribution is -2.39. The van der Waals surface area contributed by atoms with Crippen molar-refractivity contribution in [3.8, 4) is 0 Å². The molecule has 0 aliphatic carbocycles. The van der Waals surface area contributed by atoms with Gasteiger partial charge in [-0.25, -0.2) is 4.98 Å². The Hall–Kier alpha value is -0.590. The van der Waals surface area contributed by atoms with Crippen LogP contribution in [0.5, 0.6) is 0 Å². The van der Waals surface area contributed by atoms with Crippen LogP contribution < -0.4 is 10.6 Å². The monoisotopic (exact) mass is 285 g/mol. The SMILES string of the molecule is CCc1nc(NC(=O)CC2CSCCN2)sc1C. The average Bonchev–Trinajstić information content (AvgIpc) is 2.70. The van der Waals surface area contributed by atoms with Crippen LogP contribution in [0.15, 0.2) is 0 Å². The maximum atomic E-state index is 11.9. The Morgan fingerprint density at radius 1 is 1.61 bits per heavy atom. The van der Waals surface area contributed by atoms with Gasteiger partial charge in [0.1, 0.15) is 0 Å². The predicted molar refractivity (Wildman–Crippen MR) is 78.6 cm³/mol. The van der Waals surface area contributed by atoms with E-state index in [1.165, 1.54) is 4.88 Å². The third-order valence-corrected chi connectivity index (χ3v) is 4.96. The molecule has 1 amide bonds. The number of hydrogen-bond donors (Lipinski definition) is 2. The molecule has 1 aliphatic rings. The van der Waals surface area contributed by atoms with Gasteiger partial charge in [0, 0.05) is 35.4 Å². The second kappa shape index (κ2) is 6.54. The second-order valence-corrected chi connectivity index (χ2v) is 6.71. The van der Waals surface area contributed by atoms with Crippen molar-refractivity contribution in [1.82, 2.24) is 10.3 Å². The Morgan fingerprint density at radius 3 is 3.06 bits per heavy atom. The van der Waals surface area contributed by atoms with Crippen molar-refractivity contribution >= 4 is 34.1 Å². The minimum absolute atomic E-state index is 0.0615. The average molecular weight is 285 g/mol. The minimum atomic E-state index is 0.0615. The summed E-state index contributed by atoms with van der Waals surface area (Å²) in [5, 5.41) is 7.00. The minimum Gasteiger partial charge on any atom is -0.312 e. The van der Waals surface area contributed by atoms with E-state index in [2.05, 4.69) is 22.5 Å². The van der Waals surface area contributed by atoms with Crippen LogP contribution in [0, 0.1) is 6.92 Å². The Morgan fingerprint density at radius 2 is 2.44 bits per heavy atom. The van der Waals surface area contributed by atoms with E-state index in [0.29, 0.717) is 12.5 Å². The second-order valence-electron chi connectivity index (χ2n) is 4.35. The van der Waals surface area contributed by atoms with Crippen LogP contribution in [0.3, 0.4) is 0 Å². The molecule has 100 valence electrons. The van der Waals surface area contributed by atoms with Crippen molar-refractivity contribution in [1.29, 1.82) is 0 Å². The molecule has 1 unspecified atom stereocenters. The summed E-state index contributed by atoms with van der Waals surface area (Å²) in [5.41, 5.74) is 1.08. The normalized spacial score (nSPS) is 19.8. The van der Waals surface area contributed by atoms with Crippen molar-refractivity contribution < 1.29 is 4.79 Å². The number of aromatic nitrogens is 1. The van der Waals surface area contributed by atoms with Crippen molar-refractivity contribution in [3.05, 3.63) is 10.6 Å². The van der Waals surface area contributed by atoms with E-state index in [9.17, 15) is 4.79 Å². The number of thioether (sulfide) groups is 1. The van der Waals surface area contributed by atoms with Gasteiger partial charge < -0.3 is 10.6 Å². The lowest BCUT2D eigenvalue weighted by atomic mass is 10.2. The highest BCUT2D eigenvalue weighted by molar-refractivity contribution is 7.99. The fourth-order valence-corrected chi connectivity index (χ4v) is 3.82. The van der Waals surface area contributed by atoms with E-state index in [0.717, 1.165) is 35.3 Å². The number of anilines is 1. The van der Waals surface area contributed by atoms with E-state index in [-0.39, 0.29) is 5.91 Å². The number of nitrogens with zero attached hydrogens (tertiary/aromatic N) is 1. The number of hydrogen-bond acceptors (Lipinski definition) is 5. The van der Waals surface area contributed by atoms with Gasteiger partial charge in [0.2, 0.25) is 5.91 Å². The predicted octanol–water partition coefficient (Wildman–Crippen LogP) is 2.05. The fourth-order valence-electron chi connectivity index (χ4n) is 1.95. The molecular weight excluding hydrogens is 266 g/mol. The molecule has 0 saturated carbocycles. The van der Waals surface area contributed by atoms with Gasteiger partial charge in [-0.3, -0.25) is 4.79 Å². The molecule has 1 aliphatic heterocycles. The van der Waals surface area contributed by atoms with Crippen LogP contribution in [0.25, 0.3) is 0 Å². The topological polar surface area (TPSA) is 54.0 Å². The molecule has 1 fully saturated rings. The van der Waals surface area contributed by atoms with E-state index in [1.54, 1.807) is 11.3 Å². The van der Waals surface area contributed by atoms with Gasteiger partial charge in [-0.2, -0.15) is 11.8 Å². The van der Waals surface area contributed by atoms with Crippen molar-refractivity contribution in [2.75, 3.05) is 23.4 Å². The summed E-state index contributed by atoms with van der Waals surface area (Å²) < 4.78 is 0. The third kappa shape index (κ3) is 3.70. The van der Waals surface area contributed by atoms with Crippen molar-refractivity contribution in [3.63, 3.8) is 0 Å². The molecule has 6 heteroatoms. The first-order valence-corrected chi connectivity index (χ1v) is 8.23. The molecule has 0 spiro atoms. The van der Waals surface area contributed by atoms with E-state index < -0.39 is 0 Å². The molecular formula is C12H19N3OS2. The van der Waals surface area contributed by atoms with Crippen LogP contribution in [-0.4, -0.2) is 35.0 Å². The van der Waals surface area contributed by atoms with Gasteiger partial charge in [-0.05, 0) is 13.3 Å². The number of carbonyl (C=O) groups excluding carboxylic acids is 1. The van der Waals surface area contributed by atoms with Crippen LogP contribution in [0.1, 0.15) is 23.9 Å². The lowest BCUT2D eigenvalue weighted by Gasteiger charge is -2.22. The highest BCUT2D eigenvalue weighted by Gasteiger charge is 2.17. The first-order chi connectivity index (χ1) is 8.69. The largest absolute Gasteiger partial charge is 0.312 e. The van der Waals surface area contributed by atoms with Gasteiger partial charge in [0.15, 0.2) is 5.13 Å². The molecule has 2 N–H and O–H groups in total. The smallest absolute Gasteiger partial charge is 0.227 e. The zero-order valence-corrected chi connectivity index (χ0v) is 12.4. The zero-order chi connectivity index (χ0) is 13.0. The highest BCUT2D eigenvalue weighted by atomic mass is 32.2. The lowest BCUT2D eigenvalue weighted by molar-refractivity contribution is -0.116. The molecule has 1 saturated heterocycles. The van der Waals surface area contributed by atoms with Gasteiger partial charge in [-0.15, -0.1) is 11.3 Å². The quantitative estimate of drug-likeness (QED) is 0.889. The summed E-state index contributed by atoms with van der Waals surface area (Å²) in [6.45, 7) is 5.13. The summed E-state index contributed by atoms with van der Waals surface area (Å²) in [4.78, 5) is 17.5. The van der Waals surface area contributed by atoms with Gasteiger partial charge >= 0.3 is 0 Å². The van der Waals surface area contributed by atoms with Gasteiger partial charge in [0.25, 0.3) is 0 Å². The number of amides is 1. The maximum absolute atomic E-state index is 11.9. The summed E-state index contributed by atoms with van der Waals surface area (Å²) in [6, 6.07) is 0.301. The van der Waals surface area contributed by atoms with Crippen molar-refractivity contribution in [2.24, 2.45) is 0 Å². The standard InChI is InChI=1S/C12H19N3OS2/c1-3-10-8(2)18-12(14-10)15-11(16)6-9-7-17-5-4-13-9/h9,13H,3-7H2,1-2H3,(H,14,15,16).